The topological polar surface area (TPSA) is 34.9 Å². The summed E-state index contributed by atoms with van der Waals surface area (Å²) in [7, 11) is 0. The van der Waals surface area contributed by atoms with E-state index >= 15 is 0 Å². The quantitative estimate of drug-likeness (QED) is 0.532. The van der Waals surface area contributed by atoms with E-state index in [-0.39, 0.29) is 6.04 Å². The minimum Gasteiger partial charge on any atom is -0.344 e. The van der Waals surface area contributed by atoms with Crippen LogP contribution in [-0.4, -0.2) is 15.8 Å². The van der Waals surface area contributed by atoms with Crippen molar-refractivity contribution in [2.75, 3.05) is 0 Å². The second-order valence-corrected chi connectivity index (χ2v) is 5.30. The number of nitrogens with zero attached hydrogens (tertiary/aromatic N) is 2. The van der Waals surface area contributed by atoms with Gasteiger partial charge in [-0.1, -0.05) is 6.07 Å². The van der Waals surface area contributed by atoms with Gasteiger partial charge >= 0.3 is 0 Å². The summed E-state index contributed by atoms with van der Waals surface area (Å²) < 4.78 is 15.0. The Morgan fingerprint density at radius 1 is 1.19 bits per heavy atom. The molecule has 3 aromatic rings. The van der Waals surface area contributed by atoms with Crippen molar-refractivity contribution in [1.82, 2.24) is 9.55 Å². The third kappa shape index (κ3) is 2.33. The van der Waals surface area contributed by atoms with Crippen LogP contribution in [0.25, 0.3) is 22.0 Å². The van der Waals surface area contributed by atoms with E-state index in [2.05, 4.69) is 23.4 Å². The number of carbonyl (C=O) groups excluding carboxylic acids is 1. The number of fused-ring (bicyclic) bond motifs is 1. The summed E-state index contributed by atoms with van der Waals surface area (Å²) in [4.78, 5) is 14.9. The van der Waals surface area contributed by atoms with E-state index in [1.165, 1.54) is 12.3 Å². The van der Waals surface area contributed by atoms with Gasteiger partial charge in [0, 0.05) is 40.5 Å². The minimum absolute atomic E-state index is 0.277. The lowest BCUT2D eigenvalue weighted by Gasteiger charge is -2.09. The lowest BCUT2D eigenvalue weighted by Crippen LogP contribution is -1.97. The van der Waals surface area contributed by atoms with Crippen LogP contribution in [0.15, 0.2) is 42.7 Å². The maximum Gasteiger partial charge on any atom is 0.212 e. The van der Waals surface area contributed by atoms with Crippen LogP contribution in [0, 0.1) is 5.95 Å². The molecule has 0 fully saturated rings. The molecule has 2 heterocycles. The maximum atomic E-state index is 12.9. The number of pyridine rings is 1. The Hall–Kier alpha value is -2.49. The van der Waals surface area contributed by atoms with Crippen molar-refractivity contribution in [3.8, 4) is 11.1 Å². The van der Waals surface area contributed by atoms with Gasteiger partial charge in [-0.15, -0.1) is 0 Å². The Balaban J connectivity index is 2.19. The van der Waals surface area contributed by atoms with Gasteiger partial charge in [0.15, 0.2) is 6.29 Å². The normalized spacial score (nSPS) is 11.2. The fourth-order valence-electron chi connectivity index (χ4n) is 2.53. The van der Waals surface area contributed by atoms with Crippen molar-refractivity contribution in [3.63, 3.8) is 0 Å². The highest BCUT2D eigenvalue weighted by atomic mass is 19.1. The van der Waals surface area contributed by atoms with Crippen molar-refractivity contribution in [2.45, 2.75) is 19.9 Å². The molecule has 0 aliphatic carbocycles. The lowest BCUT2D eigenvalue weighted by atomic mass is 10.0. The van der Waals surface area contributed by atoms with Gasteiger partial charge < -0.3 is 4.57 Å². The molecule has 2 aromatic heterocycles. The van der Waals surface area contributed by atoms with Gasteiger partial charge in [-0.25, -0.2) is 4.98 Å². The largest absolute Gasteiger partial charge is 0.344 e. The van der Waals surface area contributed by atoms with Gasteiger partial charge in [0.2, 0.25) is 5.95 Å². The molecule has 21 heavy (non-hydrogen) atoms. The van der Waals surface area contributed by atoms with Crippen molar-refractivity contribution < 1.29 is 9.18 Å². The van der Waals surface area contributed by atoms with Crippen LogP contribution >= 0.6 is 0 Å². The first kappa shape index (κ1) is 13.5. The maximum absolute atomic E-state index is 12.9. The van der Waals surface area contributed by atoms with Crippen molar-refractivity contribution in [1.29, 1.82) is 0 Å². The van der Waals surface area contributed by atoms with Crippen molar-refractivity contribution in [3.05, 3.63) is 54.2 Å². The summed E-state index contributed by atoms with van der Waals surface area (Å²) in [5, 5.41) is 0.903. The molecular weight excluding hydrogens is 267 g/mol. The Morgan fingerprint density at radius 2 is 1.95 bits per heavy atom. The molecule has 0 unspecified atom stereocenters. The molecule has 3 nitrogen and oxygen atoms in total. The number of hydrogen-bond acceptors (Lipinski definition) is 2. The van der Waals surface area contributed by atoms with E-state index in [1.54, 1.807) is 6.07 Å². The molecule has 0 N–H and O–H groups in total. The molecule has 0 radical (unpaired) electrons. The number of rotatable bonds is 3. The summed E-state index contributed by atoms with van der Waals surface area (Å²) in [6.45, 7) is 4.15. The Morgan fingerprint density at radius 3 is 2.57 bits per heavy atom. The second-order valence-electron chi connectivity index (χ2n) is 5.30. The zero-order valence-electron chi connectivity index (χ0n) is 11.9. The second kappa shape index (κ2) is 5.13. The lowest BCUT2D eigenvalue weighted by molar-refractivity contribution is 0.112. The van der Waals surface area contributed by atoms with E-state index < -0.39 is 5.95 Å². The van der Waals surface area contributed by atoms with Gasteiger partial charge in [0.1, 0.15) is 0 Å². The van der Waals surface area contributed by atoms with Gasteiger partial charge in [-0.3, -0.25) is 4.79 Å². The fraction of sp³-hybridized carbons (Fsp3) is 0.176. The highest BCUT2D eigenvalue weighted by Crippen LogP contribution is 2.29. The van der Waals surface area contributed by atoms with E-state index in [4.69, 9.17) is 0 Å². The molecule has 0 atom stereocenters. The highest BCUT2D eigenvalue weighted by molar-refractivity contribution is 5.99. The van der Waals surface area contributed by atoms with Gasteiger partial charge in [0.05, 0.1) is 0 Å². The summed E-state index contributed by atoms with van der Waals surface area (Å²) in [6.07, 6.45) is 4.24. The molecule has 0 aliphatic heterocycles. The van der Waals surface area contributed by atoms with E-state index in [1.807, 2.05) is 24.4 Å². The molecular formula is C17H15FN2O. The van der Waals surface area contributed by atoms with Crippen LogP contribution in [0.3, 0.4) is 0 Å². The highest BCUT2D eigenvalue weighted by Gasteiger charge is 2.11. The summed E-state index contributed by atoms with van der Waals surface area (Å²) in [5.74, 6) is -0.501. The molecule has 0 aliphatic rings. The Bertz CT molecular complexity index is 804. The van der Waals surface area contributed by atoms with Crippen LogP contribution in [-0.2, 0) is 0 Å². The van der Waals surface area contributed by atoms with Crippen LogP contribution in [0.4, 0.5) is 4.39 Å². The average molecular weight is 282 g/mol. The Kier molecular flexibility index (Phi) is 3.29. The SMILES string of the molecule is CC(C)n1cc(C=O)c2cc(-c3ccc(F)nc3)ccc21. The van der Waals surface area contributed by atoms with Crippen molar-refractivity contribution in [2.24, 2.45) is 0 Å². The molecule has 0 amide bonds. The molecule has 1 aromatic carbocycles. The smallest absolute Gasteiger partial charge is 0.212 e. The molecule has 0 spiro atoms. The average Bonchev–Trinajstić information content (AvgIpc) is 2.86. The first-order valence-electron chi connectivity index (χ1n) is 6.82. The first-order valence-corrected chi connectivity index (χ1v) is 6.82. The molecule has 3 rings (SSSR count). The zero-order chi connectivity index (χ0) is 15.0. The number of aromatic nitrogens is 2. The number of aldehydes is 1. The van der Waals surface area contributed by atoms with Crippen LogP contribution in [0.1, 0.15) is 30.2 Å². The molecule has 0 bridgehead atoms. The van der Waals surface area contributed by atoms with Gasteiger partial charge in [-0.05, 0) is 43.7 Å². The number of benzene rings is 1. The molecule has 0 saturated carbocycles. The summed E-state index contributed by atoms with van der Waals surface area (Å²) in [5.41, 5.74) is 3.42. The fourth-order valence-corrected chi connectivity index (χ4v) is 2.53. The summed E-state index contributed by atoms with van der Waals surface area (Å²) in [6, 6.07) is 9.20. The van der Waals surface area contributed by atoms with Crippen LogP contribution in [0.5, 0.6) is 0 Å². The molecule has 0 saturated heterocycles. The monoisotopic (exact) mass is 282 g/mol. The third-order valence-corrected chi connectivity index (χ3v) is 3.61. The molecule has 106 valence electrons. The van der Waals surface area contributed by atoms with Crippen LogP contribution < -0.4 is 0 Å². The number of carbonyl (C=O) groups is 1. The Labute approximate surface area is 122 Å². The van der Waals surface area contributed by atoms with E-state index in [0.29, 0.717) is 5.56 Å². The van der Waals surface area contributed by atoms with E-state index in [0.717, 1.165) is 28.3 Å². The van der Waals surface area contributed by atoms with Gasteiger partial charge in [0.25, 0.3) is 0 Å². The predicted molar refractivity (Wildman–Crippen MR) is 80.9 cm³/mol. The third-order valence-electron chi connectivity index (χ3n) is 3.61. The molecule has 4 heteroatoms. The van der Waals surface area contributed by atoms with Gasteiger partial charge in [-0.2, -0.15) is 4.39 Å². The van der Waals surface area contributed by atoms with Crippen LogP contribution in [0.2, 0.25) is 0 Å². The number of hydrogen-bond donors (Lipinski definition) is 0. The van der Waals surface area contributed by atoms with E-state index in [9.17, 15) is 9.18 Å². The first-order chi connectivity index (χ1) is 10.1. The number of halogens is 1. The van der Waals surface area contributed by atoms with Crippen molar-refractivity contribution >= 4 is 17.2 Å². The zero-order valence-corrected chi connectivity index (χ0v) is 11.9. The predicted octanol–water partition coefficient (Wildman–Crippen LogP) is 4.24. The summed E-state index contributed by atoms with van der Waals surface area (Å²) >= 11 is 0. The minimum atomic E-state index is -0.501. The standard InChI is InChI=1S/C17H15FN2O/c1-11(2)20-9-14(10-21)15-7-12(3-5-16(15)20)13-4-6-17(18)19-8-13/h3-11H,1-2H3.